The number of piperazine rings is 1. The van der Waals surface area contributed by atoms with Crippen molar-refractivity contribution in [3.05, 3.63) is 35.4 Å². The summed E-state index contributed by atoms with van der Waals surface area (Å²) in [7, 11) is 0. The molecule has 0 amide bonds. The van der Waals surface area contributed by atoms with Crippen molar-refractivity contribution in [1.29, 1.82) is 0 Å². The molecular formula is C11H14F2N2. The van der Waals surface area contributed by atoms with Crippen LogP contribution >= 0.6 is 0 Å². The second-order valence-electron chi connectivity index (χ2n) is 3.80. The van der Waals surface area contributed by atoms with E-state index >= 15 is 0 Å². The van der Waals surface area contributed by atoms with Gasteiger partial charge in [-0.05, 0) is 30.2 Å². The maximum Gasteiger partial charge on any atom is 0.126 e. The van der Waals surface area contributed by atoms with Crippen LogP contribution in [0.1, 0.15) is 5.56 Å². The van der Waals surface area contributed by atoms with Crippen LogP contribution in [0.15, 0.2) is 18.2 Å². The molecule has 0 bridgehead atoms. The Bertz CT molecular complexity index is 335. The summed E-state index contributed by atoms with van der Waals surface area (Å²) < 4.78 is 26.2. The number of hydrogen-bond donors (Lipinski definition) is 2. The summed E-state index contributed by atoms with van der Waals surface area (Å²) >= 11 is 0. The van der Waals surface area contributed by atoms with Crippen molar-refractivity contribution in [3.8, 4) is 0 Å². The highest BCUT2D eigenvalue weighted by Gasteiger charge is 2.14. The van der Waals surface area contributed by atoms with E-state index in [2.05, 4.69) is 10.6 Å². The van der Waals surface area contributed by atoms with Crippen LogP contribution in [0.25, 0.3) is 0 Å². The molecule has 1 aromatic rings. The number of rotatable bonds is 2. The summed E-state index contributed by atoms with van der Waals surface area (Å²) in [6, 6.07) is 3.79. The molecule has 1 saturated heterocycles. The van der Waals surface area contributed by atoms with Gasteiger partial charge in [0.2, 0.25) is 0 Å². The van der Waals surface area contributed by atoms with Crippen LogP contribution in [0.4, 0.5) is 8.78 Å². The van der Waals surface area contributed by atoms with Gasteiger partial charge in [-0.2, -0.15) is 0 Å². The molecule has 2 nitrogen and oxygen atoms in total. The van der Waals surface area contributed by atoms with Gasteiger partial charge in [-0.15, -0.1) is 0 Å². The molecule has 2 N–H and O–H groups in total. The Morgan fingerprint density at radius 3 is 2.87 bits per heavy atom. The molecule has 0 saturated carbocycles. The summed E-state index contributed by atoms with van der Waals surface area (Å²) in [5, 5.41) is 6.47. The molecule has 1 heterocycles. The van der Waals surface area contributed by atoms with E-state index in [1.54, 1.807) is 0 Å². The van der Waals surface area contributed by atoms with Gasteiger partial charge in [-0.1, -0.05) is 0 Å². The summed E-state index contributed by atoms with van der Waals surface area (Å²) in [5.41, 5.74) is 0.441. The van der Waals surface area contributed by atoms with E-state index in [0.29, 0.717) is 12.0 Å². The third-order valence-corrected chi connectivity index (χ3v) is 2.60. The first-order valence-electron chi connectivity index (χ1n) is 5.14. The second-order valence-corrected chi connectivity index (χ2v) is 3.80. The van der Waals surface area contributed by atoms with Gasteiger partial charge in [0, 0.05) is 25.7 Å². The van der Waals surface area contributed by atoms with Gasteiger partial charge in [0.25, 0.3) is 0 Å². The Kier molecular flexibility index (Phi) is 3.28. The third-order valence-electron chi connectivity index (χ3n) is 2.60. The zero-order chi connectivity index (χ0) is 10.7. The largest absolute Gasteiger partial charge is 0.314 e. The number of halogens is 2. The van der Waals surface area contributed by atoms with Gasteiger partial charge in [0.05, 0.1) is 0 Å². The summed E-state index contributed by atoms with van der Waals surface area (Å²) in [6.45, 7) is 2.61. The van der Waals surface area contributed by atoms with E-state index < -0.39 is 0 Å². The van der Waals surface area contributed by atoms with Gasteiger partial charge < -0.3 is 10.6 Å². The minimum absolute atomic E-state index is 0.190. The predicted octanol–water partition coefficient (Wildman–Crippen LogP) is 1.07. The molecule has 82 valence electrons. The molecule has 0 spiro atoms. The van der Waals surface area contributed by atoms with E-state index in [1.165, 1.54) is 12.1 Å². The van der Waals surface area contributed by atoms with Gasteiger partial charge in [0.15, 0.2) is 0 Å². The molecule has 0 radical (unpaired) electrons. The average Bonchev–Trinajstić information content (AvgIpc) is 2.25. The summed E-state index contributed by atoms with van der Waals surface area (Å²) in [4.78, 5) is 0. The van der Waals surface area contributed by atoms with Crippen molar-refractivity contribution >= 4 is 0 Å². The monoisotopic (exact) mass is 212 g/mol. The van der Waals surface area contributed by atoms with Crippen LogP contribution < -0.4 is 10.6 Å². The average molecular weight is 212 g/mol. The fourth-order valence-electron chi connectivity index (χ4n) is 1.82. The first-order valence-corrected chi connectivity index (χ1v) is 5.14. The Morgan fingerprint density at radius 1 is 1.27 bits per heavy atom. The minimum atomic E-state index is -0.379. The quantitative estimate of drug-likeness (QED) is 0.766. The first kappa shape index (κ1) is 10.5. The van der Waals surface area contributed by atoms with Crippen LogP contribution in [-0.4, -0.2) is 25.7 Å². The molecule has 1 atom stereocenters. The van der Waals surface area contributed by atoms with Crippen molar-refractivity contribution in [2.24, 2.45) is 0 Å². The predicted molar refractivity (Wildman–Crippen MR) is 54.7 cm³/mol. The summed E-state index contributed by atoms with van der Waals surface area (Å²) in [5.74, 6) is -0.709. The Labute approximate surface area is 87.7 Å². The molecule has 1 aliphatic heterocycles. The zero-order valence-electron chi connectivity index (χ0n) is 8.39. The topological polar surface area (TPSA) is 24.1 Å². The Morgan fingerprint density at radius 2 is 2.13 bits per heavy atom. The molecule has 0 aromatic heterocycles. The number of benzene rings is 1. The molecule has 1 unspecified atom stereocenters. The molecule has 2 rings (SSSR count). The standard InChI is InChI=1S/C11H14F2N2/c12-9-1-2-11(13)8(5-9)6-10-7-14-3-4-15-10/h1-2,5,10,14-15H,3-4,6-7H2. The maximum absolute atomic E-state index is 13.3. The van der Waals surface area contributed by atoms with Crippen LogP contribution in [0.5, 0.6) is 0 Å². The van der Waals surface area contributed by atoms with Crippen molar-refractivity contribution < 1.29 is 8.78 Å². The lowest BCUT2D eigenvalue weighted by molar-refractivity contribution is 0.411. The lowest BCUT2D eigenvalue weighted by atomic mass is 10.0. The molecule has 15 heavy (non-hydrogen) atoms. The maximum atomic E-state index is 13.3. The second kappa shape index (κ2) is 4.68. The van der Waals surface area contributed by atoms with E-state index in [1.807, 2.05) is 0 Å². The summed E-state index contributed by atoms with van der Waals surface area (Å²) in [6.07, 6.45) is 0.524. The van der Waals surface area contributed by atoms with E-state index in [4.69, 9.17) is 0 Å². The lowest BCUT2D eigenvalue weighted by Crippen LogP contribution is -2.49. The van der Waals surface area contributed by atoms with E-state index in [0.717, 1.165) is 25.7 Å². The Hall–Kier alpha value is -1.00. The van der Waals surface area contributed by atoms with Crippen molar-refractivity contribution in [3.63, 3.8) is 0 Å². The molecule has 0 aliphatic carbocycles. The fraction of sp³-hybridized carbons (Fsp3) is 0.455. The molecular weight excluding hydrogens is 198 g/mol. The van der Waals surface area contributed by atoms with Crippen LogP contribution in [0.2, 0.25) is 0 Å². The normalized spacial score (nSPS) is 21.6. The number of nitrogens with one attached hydrogen (secondary N) is 2. The highest BCUT2D eigenvalue weighted by molar-refractivity contribution is 5.20. The minimum Gasteiger partial charge on any atom is -0.314 e. The van der Waals surface area contributed by atoms with Crippen molar-refractivity contribution in [2.45, 2.75) is 12.5 Å². The zero-order valence-corrected chi connectivity index (χ0v) is 8.39. The SMILES string of the molecule is Fc1ccc(F)c(CC2CNCCN2)c1. The lowest BCUT2D eigenvalue weighted by Gasteiger charge is -2.24. The fourth-order valence-corrected chi connectivity index (χ4v) is 1.82. The smallest absolute Gasteiger partial charge is 0.126 e. The highest BCUT2D eigenvalue weighted by atomic mass is 19.1. The van der Waals surface area contributed by atoms with E-state index in [9.17, 15) is 8.78 Å². The van der Waals surface area contributed by atoms with Gasteiger partial charge in [-0.3, -0.25) is 0 Å². The Balaban J connectivity index is 2.05. The highest BCUT2D eigenvalue weighted by Crippen LogP contribution is 2.12. The molecule has 1 aromatic carbocycles. The van der Waals surface area contributed by atoms with Gasteiger partial charge >= 0.3 is 0 Å². The molecule has 4 heteroatoms. The van der Waals surface area contributed by atoms with Crippen LogP contribution in [0, 0.1) is 11.6 Å². The number of hydrogen-bond acceptors (Lipinski definition) is 2. The third kappa shape index (κ3) is 2.73. The molecule has 1 aliphatic rings. The van der Waals surface area contributed by atoms with Gasteiger partial charge in [0.1, 0.15) is 11.6 Å². The van der Waals surface area contributed by atoms with Crippen molar-refractivity contribution in [1.82, 2.24) is 10.6 Å². The van der Waals surface area contributed by atoms with Crippen LogP contribution in [0.3, 0.4) is 0 Å². The first-order chi connectivity index (χ1) is 7.25. The van der Waals surface area contributed by atoms with Crippen molar-refractivity contribution in [2.75, 3.05) is 19.6 Å². The van der Waals surface area contributed by atoms with E-state index in [-0.39, 0.29) is 17.7 Å². The van der Waals surface area contributed by atoms with Crippen LogP contribution in [-0.2, 0) is 6.42 Å². The molecule has 1 fully saturated rings. The van der Waals surface area contributed by atoms with Gasteiger partial charge in [-0.25, -0.2) is 8.78 Å².